The predicted octanol–water partition coefficient (Wildman–Crippen LogP) is 5.19. The highest BCUT2D eigenvalue weighted by molar-refractivity contribution is 5.84. The standard InChI is InChI=1S/C25H22F3N3O3/c26-25(27,28)23-14-20(30-31(23)21-4-2-1-3-5-21)16-34-22-9-8-18-12-17(6-7-19(18)13-22)15-29-11-10-24(32)33/h1-9,12-14,29H,10-11,15-16H2,(H,32,33). The molecule has 4 aromatic rings. The third kappa shape index (κ3) is 5.74. The van der Waals surface area contributed by atoms with Crippen molar-refractivity contribution in [1.29, 1.82) is 0 Å². The Morgan fingerprint density at radius 1 is 1.00 bits per heavy atom. The Kier molecular flexibility index (Phi) is 6.83. The Hall–Kier alpha value is -3.85. The van der Waals surface area contributed by atoms with Crippen LogP contribution >= 0.6 is 0 Å². The summed E-state index contributed by atoms with van der Waals surface area (Å²) in [6.45, 7) is 0.823. The quantitative estimate of drug-likeness (QED) is 0.330. The van der Waals surface area contributed by atoms with Crippen molar-refractivity contribution in [3.8, 4) is 11.4 Å². The Bertz CT molecular complexity index is 1290. The Balaban J connectivity index is 1.45. The molecule has 0 saturated heterocycles. The number of nitrogens with one attached hydrogen (secondary N) is 1. The molecule has 0 unspecified atom stereocenters. The first-order valence-electron chi connectivity index (χ1n) is 10.6. The van der Waals surface area contributed by atoms with Gasteiger partial charge in [-0.1, -0.05) is 36.4 Å². The number of aliphatic carboxylic acids is 1. The molecule has 1 heterocycles. The molecule has 0 amide bonds. The third-order valence-electron chi connectivity index (χ3n) is 5.16. The van der Waals surface area contributed by atoms with E-state index < -0.39 is 17.8 Å². The number of hydrogen-bond donors (Lipinski definition) is 2. The van der Waals surface area contributed by atoms with Gasteiger partial charge in [-0.2, -0.15) is 18.3 Å². The number of para-hydroxylation sites is 1. The van der Waals surface area contributed by atoms with E-state index in [1.807, 2.05) is 30.3 Å². The van der Waals surface area contributed by atoms with Gasteiger partial charge in [0.15, 0.2) is 0 Å². The minimum atomic E-state index is -4.55. The van der Waals surface area contributed by atoms with Crippen molar-refractivity contribution in [2.75, 3.05) is 6.54 Å². The van der Waals surface area contributed by atoms with Crippen molar-refractivity contribution in [2.45, 2.75) is 25.7 Å². The van der Waals surface area contributed by atoms with E-state index in [0.717, 1.165) is 27.1 Å². The maximum atomic E-state index is 13.5. The number of carboxylic acid groups (broad SMARTS) is 1. The van der Waals surface area contributed by atoms with Gasteiger partial charge in [0.05, 0.1) is 12.1 Å². The van der Waals surface area contributed by atoms with Gasteiger partial charge in [-0.25, -0.2) is 4.68 Å². The van der Waals surface area contributed by atoms with E-state index in [1.54, 1.807) is 36.4 Å². The molecule has 1 aromatic heterocycles. The van der Waals surface area contributed by atoms with Crippen molar-refractivity contribution >= 4 is 16.7 Å². The highest BCUT2D eigenvalue weighted by Gasteiger charge is 2.36. The summed E-state index contributed by atoms with van der Waals surface area (Å²) in [5.41, 5.74) is 0.636. The first kappa shape index (κ1) is 23.3. The molecule has 0 atom stereocenters. The van der Waals surface area contributed by atoms with Crippen LogP contribution in [0.1, 0.15) is 23.4 Å². The van der Waals surface area contributed by atoms with Gasteiger partial charge < -0.3 is 15.2 Å². The Morgan fingerprint density at radius 2 is 1.74 bits per heavy atom. The molecule has 3 aromatic carbocycles. The number of hydrogen-bond acceptors (Lipinski definition) is 4. The summed E-state index contributed by atoms with van der Waals surface area (Å²) in [5.74, 6) is -0.331. The molecule has 6 nitrogen and oxygen atoms in total. The number of nitrogens with zero attached hydrogens (tertiary/aromatic N) is 2. The van der Waals surface area contributed by atoms with E-state index >= 15 is 0 Å². The van der Waals surface area contributed by atoms with E-state index in [9.17, 15) is 18.0 Å². The molecular formula is C25H22F3N3O3. The van der Waals surface area contributed by atoms with Crippen LogP contribution in [0.4, 0.5) is 13.2 Å². The van der Waals surface area contributed by atoms with Crippen molar-refractivity contribution in [3.05, 3.63) is 89.7 Å². The second-order valence-electron chi connectivity index (χ2n) is 7.72. The largest absolute Gasteiger partial charge is 0.487 e. The molecule has 0 aliphatic carbocycles. The number of halogens is 3. The van der Waals surface area contributed by atoms with Gasteiger partial charge in [0, 0.05) is 13.1 Å². The van der Waals surface area contributed by atoms with Crippen molar-refractivity contribution in [1.82, 2.24) is 15.1 Å². The van der Waals surface area contributed by atoms with Crippen LogP contribution in [0.2, 0.25) is 0 Å². The lowest BCUT2D eigenvalue weighted by molar-refractivity contribution is -0.143. The summed E-state index contributed by atoms with van der Waals surface area (Å²) in [5, 5.41) is 17.8. The fourth-order valence-electron chi connectivity index (χ4n) is 3.53. The van der Waals surface area contributed by atoms with Gasteiger partial charge >= 0.3 is 12.1 Å². The van der Waals surface area contributed by atoms with Gasteiger partial charge in [0.2, 0.25) is 0 Å². The van der Waals surface area contributed by atoms with Crippen LogP contribution < -0.4 is 10.1 Å². The van der Waals surface area contributed by atoms with Crippen LogP contribution in [-0.4, -0.2) is 27.4 Å². The van der Waals surface area contributed by atoms with Crippen LogP contribution in [0.3, 0.4) is 0 Å². The fourth-order valence-corrected chi connectivity index (χ4v) is 3.53. The maximum Gasteiger partial charge on any atom is 0.433 e. The van der Waals surface area contributed by atoms with E-state index in [2.05, 4.69) is 10.4 Å². The van der Waals surface area contributed by atoms with Gasteiger partial charge in [-0.05, 0) is 52.7 Å². The highest BCUT2D eigenvalue weighted by atomic mass is 19.4. The second-order valence-corrected chi connectivity index (χ2v) is 7.72. The summed E-state index contributed by atoms with van der Waals surface area (Å²) in [7, 11) is 0. The summed E-state index contributed by atoms with van der Waals surface area (Å²) in [4.78, 5) is 10.6. The summed E-state index contributed by atoms with van der Waals surface area (Å²) in [6, 6.07) is 20.4. The normalized spacial score (nSPS) is 11.6. The molecule has 4 rings (SSSR count). The molecule has 2 N–H and O–H groups in total. The zero-order valence-electron chi connectivity index (χ0n) is 18.0. The second kappa shape index (κ2) is 9.96. The minimum Gasteiger partial charge on any atom is -0.487 e. The number of aromatic nitrogens is 2. The number of carbonyl (C=O) groups is 1. The van der Waals surface area contributed by atoms with Crippen molar-refractivity contribution in [2.24, 2.45) is 0 Å². The SMILES string of the molecule is O=C(O)CCNCc1ccc2cc(OCc3cc(C(F)(F)F)n(-c4ccccc4)n3)ccc2c1. The fraction of sp³-hybridized carbons (Fsp3) is 0.200. The number of benzene rings is 3. The molecule has 0 saturated carbocycles. The molecular weight excluding hydrogens is 447 g/mol. The molecule has 0 fully saturated rings. The molecule has 34 heavy (non-hydrogen) atoms. The van der Waals surface area contributed by atoms with Crippen molar-refractivity contribution < 1.29 is 27.8 Å². The summed E-state index contributed by atoms with van der Waals surface area (Å²) in [6.07, 6.45) is -4.49. The lowest BCUT2D eigenvalue weighted by Crippen LogP contribution is -2.17. The minimum absolute atomic E-state index is 0.0579. The van der Waals surface area contributed by atoms with Gasteiger partial charge in [-0.15, -0.1) is 0 Å². The average Bonchev–Trinajstić information content (AvgIpc) is 3.26. The third-order valence-corrected chi connectivity index (χ3v) is 5.16. The zero-order chi connectivity index (χ0) is 24.1. The number of carboxylic acids is 1. The first-order chi connectivity index (χ1) is 16.3. The van der Waals surface area contributed by atoms with Crippen LogP contribution in [0.25, 0.3) is 16.5 Å². The number of rotatable bonds is 9. The number of ether oxygens (including phenoxy) is 1. The van der Waals surface area contributed by atoms with Gasteiger partial charge in [0.1, 0.15) is 23.7 Å². The van der Waals surface area contributed by atoms with E-state index in [1.165, 1.54) is 0 Å². The van der Waals surface area contributed by atoms with E-state index in [0.29, 0.717) is 24.5 Å². The summed E-state index contributed by atoms with van der Waals surface area (Å²) < 4.78 is 47.2. The lowest BCUT2D eigenvalue weighted by Gasteiger charge is -2.09. The van der Waals surface area contributed by atoms with Gasteiger partial charge in [-0.3, -0.25) is 4.79 Å². The van der Waals surface area contributed by atoms with Crippen molar-refractivity contribution in [3.63, 3.8) is 0 Å². The molecule has 0 radical (unpaired) electrons. The smallest absolute Gasteiger partial charge is 0.433 e. The number of fused-ring (bicyclic) bond motifs is 1. The molecule has 0 aliphatic rings. The van der Waals surface area contributed by atoms with E-state index in [4.69, 9.17) is 9.84 Å². The van der Waals surface area contributed by atoms with Crippen LogP contribution in [0.15, 0.2) is 72.8 Å². The molecule has 9 heteroatoms. The lowest BCUT2D eigenvalue weighted by atomic mass is 10.1. The topological polar surface area (TPSA) is 76.4 Å². The van der Waals surface area contributed by atoms with Crippen LogP contribution in [0, 0.1) is 0 Å². The first-order valence-corrected chi connectivity index (χ1v) is 10.6. The van der Waals surface area contributed by atoms with Gasteiger partial charge in [0.25, 0.3) is 0 Å². The predicted molar refractivity (Wildman–Crippen MR) is 121 cm³/mol. The Labute approximate surface area is 193 Å². The van der Waals surface area contributed by atoms with E-state index in [-0.39, 0.29) is 18.7 Å². The number of alkyl halides is 3. The Morgan fingerprint density at radius 3 is 2.47 bits per heavy atom. The molecule has 0 aliphatic heterocycles. The monoisotopic (exact) mass is 469 g/mol. The highest BCUT2D eigenvalue weighted by Crippen LogP contribution is 2.32. The summed E-state index contributed by atoms with van der Waals surface area (Å²) >= 11 is 0. The zero-order valence-corrected chi connectivity index (χ0v) is 18.0. The molecule has 0 bridgehead atoms. The van der Waals surface area contributed by atoms with Crippen LogP contribution in [-0.2, 0) is 24.1 Å². The molecule has 0 spiro atoms. The molecule has 176 valence electrons. The average molecular weight is 469 g/mol. The maximum absolute atomic E-state index is 13.5. The van der Waals surface area contributed by atoms with Crippen LogP contribution in [0.5, 0.6) is 5.75 Å².